The standard InChI is InChI=1S/C22H21ClN2O3/c1-13-15-6-3-4-7-18(15)24-14(2)16(13)10-22(26)25-19-12-21-20(11-17(19)23)27-8-5-9-28-21/h3-4,6-7,11-12H,5,8-10H2,1-2H3,(H,25,26). The number of ether oxygens (including phenoxy) is 2. The number of benzene rings is 2. The predicted octanol–water partition coefficient (Wildman–Crippen LogP) is 4.85. The van der Waals surface area contributed by atoms with Crippen LogP contribution in [0.25, 0.3) is 10.9 Å². The Bertz CT molecular complexity index is 1070. The van der Waals surface area contributed by atoms with Crippen LogP contribution in [0.4, 0.5) is 5.69 Å². The zero-order chi connectivity index (χ0) is 19.7. The van der Waals surface area contributed by atoms with Gasteiger partial charge in [-0.3, -0.25) is 9.78 Å². The molecule has 4 rings (SSSR count). The molecule has 1 amide bonds. The Morgan fingerprint density at radius 2 is 1.86 bits per heavy atom. The third-order valence-electron chi connectivity index (χ3n) is 4.93. The lowest BCUT2D eigenvalue weighted by atomic mass is 9.99. The molecule has 0 aliphatic carbocycles. The molecule has 0 bridgehead atoms. The first-order chi connectivity index (χ1) is 13.5. The largest absolute Gasteiger partial charge is 0.490 e. The third kappa shape index (κ3) is 3.62. The van der Waals surface area contributed by atoms with Crippen LogP contribution in [0.3, 0.4) is 0 Å². The maximum absolute atomic E-state index is 12.7. The molecule has 0 unspecified atom stereocenters. The molecular weight excluding hydrogens is 376 g/mol. The Balaban J connectivity index is 1.59. The molecule has 5 nitrogen and oxygen atoms in total. The van der Waals surface area contributed by atoms with E-state index in [0.29, 0.717) is 35.4 Å². The fourth-order valence-electron chi connectivity index (χ4n) is 3.47. The number of halogens is 1. The third-order valence-corrected chi connectivity index (χ3v) is 5.25. The fourth-order valence-corrected chi connectivity index (χ4v) is 3.67. The van der Waals surface area contributed by atoms with Crippen LogP contribution in [0.5, 0.6) is 11.5 Å². The van der Waals surface area contributed by atoms with Gasteiger partial charge >= 0.3 is 0 Å². The van der Waals surface area contributed by atoms with Crippen LogP contribution in [-0.2, 0) is 11.2 Å². The van der Waals surface area contributed by atoms with Gasteiger partial charge in [-0.15, -0.1) is 0 Å². The Labute approximate surface area is 168 Å². The minimum Gasteiger partial charge on any atom is -0.490 e. The van der Waals surface area contributed by atoms with Crippen molar-refractivity contribution in [2.24, 2.45) is 0 Å². The van der Waals surface area contributed by atoms with Crippen LogP contribution in [0.1, 0.15) is 23.2 Å². The van der Waals surface area contributed by atoms with E-state index >= 15 is 0 Å². The maximum atomic E-state index is 12.7. The molecule has 2 aromatic carbocycles. The summed E-state index contributed by atoms with van der Waals surface area (Å²) >= 11 is 6.34. The van der Waals surface area contributed by atoms with Crippen LogP contribution >= 0.6 is 11.6 Å². The number of amides is 1. The summed E-state index contributed by atoms with van der Waals surface area (Å²) < 4.78 is 11.3. The number of para-hydroxylation sites is 1. The molecule has 1 aliphatic heterocycles. The summed E-state index contributed by atoms with van der Waals surface area (Å²) in [5.41, 5.74) is 4.31. The van der Waals surface area contributed by atoms with E-state index in [-0.39, 0.29) is 12.3 Å². The van der Waals surface area contributed by atoms with Crippen molar-refractivity contribution in [3.63, 3.8) is 0 Å². The van der Waals surface area contributed by atoms with Crippen molar-refractivity contribution in [2.75, 3.05) is 18.5 Å². The topological polar surface area (TPSA) is 60.5 Å². The highest BCUT2D eigenvalue weighted by Gasteiger charge is 2.17. The summed E-state index contributed by atoms with van der Waals surface area (Å²) in [4.78, 5) is 17.4. The maximum Gasteiger partial charge on any atom is 0.228 e. The summed E-state index contributed by atoms with van der Waals surface area (Å²) in [6, 6.07) is 11.4. The number of fused-ring (bicyclic) bond motifs is 2. The number of aryl methyl sites for hydroxylation is 2. The van der Waals surface area contributed by atoms with Gasteiger partial charge in [-0.1, -0.05) is 29.8 Å². The summed E-state index contributed by atoms with van der Waals surface area (Å²) in [5, 5.41) is 4.38. The molecule has 3 aromatic rings. The predicted molar refractivity (Wildman–Crippen MR) is 111 cm³/mol. The quantitative estimate of drug-likeness (QED) is 0.687. The minimum atomic E-state index is -0.153. The Hall–Kier alpha value is -2.79. The number of carbonyl (C=O) groups excluding carboxylic acids is 1. The van der Waals surface area contributed by atoms with Gasteiger partial charge in [-0.05, 0) is 31.0 Å². The SMILES string of the molecule is Cc1nc2ccccc2c(C)c1CC(=O)Nc1cc2c(cc1Cl)OCCCO2. The van der Waals surface area contributed by atoms with E-state index in [1.54, 1.807) is 12.1 Å². The van der Waals surface area contributed by atoms with Gasteiger partial charge in [0.15, 0.2) is 11.5 Å². The number of aromatic nitrogens is 1. The van der Waals surface area contributed by atoms with Gasteiger partial charge in [0.2, 0.25) is 5.91 Å². The molecule has 0 radical (unpaired) electrons. The molecule has 28 heavy (non-hydrogen) atoms. The highest BCUT2D eigenvalue weighted by molar-refractivity contribution is 6.34. The fraction of sp³-hybridized carbons (Fsp3) is 0.273. The second kappa shape index (κ2) is 7.68. The van der Waals surface area contributed by atoms with Crippen molar-refractivity contribution in [1.82, 2.24) is 4.98 Å². The summed E-state index contributed by atoms with van der Waals surface area (Å²) in [6.07, 6.45) is 1.03. The van der Waals surface area contributed by atoms with Crippen molar-refractivity contribution in [2.45, 2.75) is 26.7 Å². The number of pyridine rings is 1. The van der Waals surface area contributed by atoms with E-state index in [4.69, 9.17) is 21.1 Å². The number of anilines is 1. The molecular formula is C22H21ClN2O3. The number of nitrogens with one attached hydrogen (secondary N) is 1. The molecule has 2 heterocycles. The molecule has 1 aromatic heterocycles. The number of hydrogen-bond acceptors (Lipinski definition) is 4. The lowest BCUT2D eigenvalue weighted by molar-refractivity contribution is -0.115. The molecule has 144 valence electrons. The highest BCUT2D eigenvalue weighted by Crippen LogP contribution is 2.37. The molecule has 6 heteroatoms. The normalized spacial score (nSPS) is 13.2. The van der Waals surface area contributed by atoms with Crippen LogP contribution < -0.4 is 14.8 Å². The van der Waals surface area contributed by atoms with Gasteiger partial charge in [0.1, 0.15) is 0 Å². The summed E-state index contributed by atoms with van der Waals surface area (Å²) in [7, 11) is 0. The second-order valence-corrected chi connectivity index (χ2v) is 7.28. The van der Waals surface area contributed by atoms with E-state index in [9.17, 15) is 4.79 Å². The van der Waals surface area contributed by atoms with Gasteiger partial charge in [0.25, 0.3) is 0 Å². The first kappa shape index (κ1) is 18.6. The second-order valence-electron chi connectivity index (χ2n) is 6.87. The average molecular weight is 397 g/mol. The zero-order valence-corrected chi connectivity index (χ0v) is 16.6. The van der Waals surface area contributed by atoms with E-state index < -0.39 is 0 Å². The van der Waals surface area contributed by atoms with Crippen molar-refractivity contribution < 1.29 is 14.3 Å². The van der Waals surface area contributed by atoms with Crippen LogP contribution in [0.15, 0.2) is 36.4 Å². The van der Waals surface area contributed by atoms with Gasteiger partial charge in [-0.25, -0.2) is 0 Å². The first-order valence-corrected chi connectivity index (χ1v) is 9.64. The van der Waals surface area contributed by atoms with Crippen molar-refractivity contribution >= 4 is 34.1 Å². The Kier molecular flexibility index (Phi) is 5.09. The number of carbonyl (C=O) groups is 1. The Morgan fingerprint density at radius 3 is 2.64 bits per heavy atom. The molecule has 1 aliphatic rings. The monoisotopic (exact) mass is 396 g/mol. The van der Waals surface area contributed by atoms with Crippen molar-refractivity contribution in [3.8, 4) is 11.5 Å². The van der Waals surface area contributed by atoms with Gasteiger partial charge in [0, 0.05) is 29.6 Å². The van der Waals surface area contributed by atoms with E-state index in [0.717, 1.165) is 34.1 Å². The van der Waals surface area contributed by atoms with E-state index in [1.165, 1.54) is 0 Å². The van der Waals surface area contributed by atoms with E-state index in [2.05, 4.69) is 10.3 Å². The molecule has 0 saturated carbocycles. The summed E-state index contributed by atoms with van der Waals surface area (Å²) in [6.45, 7) is 5.12. The average Bonchev–Trinajstić information content (AvgIpc) is 2.90. The summed E-state index contributed by atoms with van der Waals surface area (Å²) in [5.74, 6) is 1.04. The van der Waals surface area contributed by atoms with Gasteiger partial charge < -0.3 is 14.8 Å². The van der Waals surface area contributed by atoms with Crippen LogP contribution in [0.2, 0.25) is 5.02 Å². The molecule has 0 fully saturated rings. The van der Waals surface area contributed by atoms with Gasteiger partial charge in [-0.2, -0.15) is 0 Å². The molecule has 0 spiro atoms. The van der Waals surface area contributed by atoms with Gasteiger partial charge in [0.05, 0.1) is 35.9 Å². The van der Waals surface area contributed by atoms with Crippen LogP contribution in [-0.4, -0.2) is 24.1 Å². The van der Waals surface area contributed by atoms with Crippen LogP contribution in [0, 0.1) is 13.8 Å². The smallest absolute Gasteiger partial charge is 0.228 e. The Morgan fingerprint density at radius 1 is 1.14 bits per heavy atom. The molecule has 0 atom stereocenters. The van der Waals surface area contributed by atoms with E-state index in [1.807, 2.05) is 38.1 Å². The number of rotatable bonds is 3. The highest BCUT2D eigenvalue weighted by atomic mass is 35.5. The van der Waals surface area contributed by atoms with Crippen molar-refractivity contribution in [3.05, 3.63) is 58.2 Å². The minimum absolute atomic E-state index is 0.153. The first-order valence-electron chi connectivity index (χ1n) is 9.27. The lowest BCUT2D eigenvalue weighted by Gasteiger charge is -2.14. The zero-order valence-electron chi connectivity index (χ0n) is 15.8. The van der Waals surface area contributed by atoms with Crippen molar-refractivity contribution in [1.29, 1.82) is 0 Å². The molecule has 0 saturated heterocycles. The lowest BCUT2D eigenvalue weighted by Crippen LogP contribution is -2.17. The number of nitrogens with zero attached hydrogens (tertiary/aromatic N) is 1. The molecule has 1 N–H and O–H groups in total. The number of hydrogen-bond donors (Lipinski definition) is 1.